The number of amidine groups is 1. The number of carboxylic acids is 2. The number of benzene rings is 3. The number of carbonyl (C=O) groups is 3. The fraction of sp³-hybridized carbons (Fsp3) is 0.0769. The average molecular weight is 693 g/mol. The Hall–Kier alpha value is -3.16. The van der Waals surface area contributed by atoms with Crippen LogP contribution in [-0.4, -0.2) is 45.2 Å². The van der Waals surface area contributed by atoms with E-state index in [0.29, 0.717) is 26.0 Å². The highest BCUT2D eigenvalue weighted by atomic mass is 127. The second kappa shape index (κ2) is 11.5. The topological polar surface area (TPSA) is 117 Å². The summed E-state index contributed by atoms with van der Waals surface area (Å²) in [5.74, 6) is -1.55. The van der Waals surface area contributed by atoms with Crippen LogP contribution in [0, 0.1) is 3.57 Å². The first kappa shape index (κ1) is 26.9. The van der Waals surface area contributed by atoms with Gasteiger partial charge in [-0.15, -0.1) is 0 Å². The first-order valence-electron chi connectivity index (χ1n) is 10.7. The molecule has 0 radical (unpaired) electrons. The van der Waals surface area contributed by atoms with Crippen LogP contribution in [0.3, 0.4) is 0 Å². The van der Waals surface area contributed by atoms with Crippen LogP contribution >= 0.6 is 50.3 Å². The molecule has 188 valence electrons. The number of ether oxygens (including phenoxy) is 1. The lowest BCUT2D eigenvalue weighted by Crippen LogP contribution is -2.23. The van der Waals surface area contributed by atoms with Crippen LogP contribution in [0.1, 0.15) is 31.8 Å². The van der Waals surface area contributed by atoms with E-state index in [4.69, 9.17) is 14.9 Å². The molecule has 0 aliphatic carbocycles. The molecule has 3 aromatic rings. The first-order chi connectivity index (χ1) is 17.6. The smallest absolute Gasteiger partial charge is 0.335 e. The number of halogens is 2. The molecular weight excluding hydrogens is 675 g/mol. The van der Waals surface area contributed by atoms with E-state index < -0.39 is 11.9 Å². The zero-order valence-corrected chi connectivity index (χ0v) is 23.7. The zero-order valence-electron chi connectivity index (χ0n) is 19.1. The number of thioether (sulfide) groups is 1. The molecule has 1 fully saturated rings. The van der Waals surface area contributed by atoms with E-state index in [1.165, 1.54) is 40.9 Å². The first-order valence-corrected chi connectivity index (χ1v) is 13.3. The molecule has 8 nitrogen and oxygen atoms in total. The van der Waals surface area contributed by atoms with E-state index in [2.05, 4.69) is 43.5 Å². The molecule has 1 aliphatic heterocycles. The maximum absolute atomic E-state index is 12.8. The molecule has 0 bridgehead atoms. The molecule has 0 saturated carbocycles. The molecule has 2 N–H and O–H groups in total. The fourth-order valence-corrected chi connectivity index (χ4v) is 6.05. The lowest BCUT2D eigenvalue weighted by atomic mass is 10.1. The summed E-state index contributed by atoms with van der Waals surface area (Å²) in [6.07, 6.45) is 1.78. The van der Waals surface area contributed by atoms with Crippen molar-refractivity contribution in [3.05, 3.63) is 95.9 Å². The van der Waals surface area contributed by atoms with Gasteiger partial charge in [0.15, 0.2) is 5.17 Å². The van der Waals surface area contributed by atoms with Crippen molar-refractivity contribution in [1.82, 2.24) is 4.90 Å². The number of aliphatic imine (C=N–C) groups is 1. The monoisotopic (exact) mass is 692 g/mol. The fourth-order valence-electron chi connectivity index (χ4n) is 3.29. The van der Waals surface area contributed by atoms with Crippen LogP contribution in [0.2, 0.25) is 0 Å². The number of carbonyl (C=O) groups excluding carboxylic acids is 1. The zero-order chi connectivity index (χ0) is 26.7. The molecule has 1 saturated heterocycles. The Kier molecular flexibility index (Phi) is 8.35. The number of aromatic carboxylic acids is 2. The lowest BCUT2D eigenvalue weighted by Gasteiger charge is -2.12. The van der Waals surface area contributed by atoms with Crippen molar-refractivity contribution in [2.24, 2.45) is 4.99 Å². The van der Waals surface area contributed by atoms with Crippen LogP contribution in [0.15, 0.2) is 75.0 Å². The largest absolute Gasteiger partial charge is 0.487 e. The van der Waals surface area contributed by atoms with E-state index >= 15 is 0 Å². The van der Waals surface area contributed by atoms with Crippen molar-refractivity contribution in [3.63, 3.8) is 0 Å². The van der Waals surface area contributed by atoms with Crippen LogP contribution in [0.5, 0.6) is 5.75 Å². The van der Waals surface area contributed by atoms with Crippen molar-refractivity contribution in [2.75, 3.05) is 7.05 Å². The SMILES string of the molecule is CN1C(=O)/C(=C/c2cc(Br)c(OCc3ccc(C(=O)O)cc3)c(I)c2)SC1=Nc1ccc(C(=O)O)cc1. The third-order valence-electron chi connectivity index (χ3n) is 5.25. The van der Waals surface area contributed by atoms with Crippen molar-refractivity contribution in [2.45, 2.75) is 6.61 Å². The Morgan fingerprint density at radius 2 is 1.65 bits per heavy atom. The highest BCUT2D eigenvalue weighted by Gasteiger charge is 2.30. The van der Waals surface area contributed by atoms with Gasteiger partial charge in [-0.3, -0.25) is 9.69 Å². The molecule has 1 amide bonds. The van der Waals surface area contributed by atoms with Gasteiger partial charge in [-0.05, 0) is 116 Å². The van der Waals surface area contributed by atoms with Gasteiger partial charge in [0, 0.05) is 7.05 Å². The predicted molar refractivity (Wildman–Crippen MR) is 153 cm³/mol. The van der Waals surface area contributed by atoms with Crippen LogP contribution in [0.4, 0.5) is 5.69 Å². The third-order valence-corrected chi connectivity index (χ3v) is 7.70. The maximum Gasteiger partial charge on any atom is 0.335 e. The highest BCUT2D eigenvalue weighted by Crippen LogP contribution is 2.37. The van der Waals surface area contributed by atoms with Gasteiger partial charge in [-0.1, -0.05) is 12.1 Å². The Morgan fingerprint density at radius 3 is 2.22 bits per heavy atom. The van der Waals surface area contributed by atoms with Crippen LogP contribution in [-0.2, 0) is 11.4 Å². The number of hydrogen-bond acceptors (Lipinski definition) is 6. The predicted octanol–water partition coefficient (Wildman–Crippen LogP) is 6.26. The molecule has 1 aliphatic rings. The Morgan fingerprint density at radius 1 is 1.05 bits per heavy atom. The molecule has 4 rings (SSSR count). The van der Waals surface area contributed by atoms with Gasteiger partial charge in [-0.2, -0.15) is 0 Å². The summed E-state index contributed by atoms with van der Waals surface area (Å²) in [6, 6.07) is 16.4. The number of hydrogen-bond donors (Lipinski definition) is 2. The van der Waals surface area contributed by atoms with Crippen LogP contribution in [0.25, 0.3) is 6.08 Å². The number of likely N-dealkylation sites (N-methyl/N-ethyl adjacent to an activating group) is 1. The second-order valence-electron chi connectivity index (χ2n) is 7.83. The van der Waals surface area contributed by atoms with E-state index in [0.717, 1.165) is 14.7 Å². The Balaban J connectivity index is 1.49. The van der Waals surface area contributed by atoms with Gasteiger partial charge in [-0.25, -0.2) is 14.6 Å². The maximum atomic E-state index is 12.8. The summed E-state index contributed by atoms with van der Waals surface area (Å²) >= 11 is 6.94. The standard InChI is InChI=1S/C26H18BrIN2O6S/c1-30-23(31)21(37-26(30)29-18-8-6-17(7-9-18)25(34)35)12-15-10-19(27)22(20(28)11-15)36-13-14-2-4-16(5-3-14)24(32)33/h2-12H,13H2,1H3,(H,32,33)(H,34,35)/b21-12-,29-26?. The molecule has 37 heavy (non-hydrogen) atoms. The van der Waals surface area contributed by atoms with Gasteiger partial charge >= 0.3 is 11.9 Å². The number of nitrogens with zero attached hydrogens (tertiary/aromatic N) is 2. The molecule has 1 heterocycles. The summed E-state index contributed by atoms with van der Waals surface area (Å²) in [5, 5.41) is 18.6. The quantitative estimate of drug-likeness (QED) is 0.222. The van der Waals surface area contributed by atoms with E-state index in [1.54, 1.807) is 37.4 Å². The second-order valence-corrected chi connectivity index (χ2v) is 10.9. The molecule has 0 atom stereocenters. The summed E-state index contributed by atoms with van der Waals surface area (Å²) in [4.78, 5) is 41.3. The minimum Gasteiger partial charge on any atom is -0.487 e. The van der Waals surface area contributed by atoms with E-state index in [-0.39, 0.29) is 23.6 Å². The van der Waals surface area contributed by atoms with Gasteiger partial charge in [0.25, 0.3) is 5.91 Å². The summed E-state index contributed by atoms with van der Waals surface area (Å²) in [7, 11) is 1.64. The Bertz CT molecular complexity index is 1430. The van der Waals surface area contributed by atoms with E-state index in [9.17, 15) is 14.4 Å². The van der Waals surface area contributed by atoms with Gasteiger partial charge < -0.3 is 14.9 Å². The van der Waals surface area contributed by atoms with Crippen LogP contribution < -0.4 is 4.74 Å². The average Bonchev–Trinajstić information content (AvgIpc) is 3.11. The molecule has 3 aromatic carbocycles. The normalized spacial score (nSPS) is 15.4. The molecule has 0 spiro atoms. The minimum absolute atomic E-state index is 0.164. The van der Waals surface area contributed by atoms with E-state index in [1.807, 2.05) is 12.1 Å². The van der Waals surface area contributed by atoms with Crippen molar-refractivity contribution in [1.29, 1.82) is 0 Å². The van der Waals surface area contributed by atoms with Gasteiger partial charge in [0.05, 0.1) is 29.8 Å². The summed E-state index contributed by atoms with van der Waals surface area (Å²) < 4.78 is 7.51. The number of carboxylic acid groups (broad SMARTS) is 2. The highest BCUT2D eigenvalue weighted by molar-refractivity contribution is 14.1. The third kappa shape index (κ3) is 6.40. The van der Waals surface area contributed by atoms with Gasteiger partial charge in [0.1, 0.15) is 12.4 Å². The minimum atomic E-state index is -1.02. The number of rotatable bonds is 7. The Labute approximate surface area is 238 Å². The lowest BCUT2D eigenvalue weighted by molar-refractivity contribution is -0.121. The molecule has 0 aromatic heterocycles. The van der Waals surface area contributed by atoms with Gasteiger partial charge in [0.2, 0.25) is 0 Å². The number of amides is 1. The summed E-state index contributed by atoms with van der Waals surface area (Å²) in [5.41, 5.74) is 2.55. The van der Waals surface area contributed by atoms with Crippen molar-refractivity contribution < 1.29 is 29.3 Å². The van der Waals surface area contributed by atoms with Crippen molar-refractivity contribution in [3.8, 4) is 5.75 Å². The molecular formula is C26H18BrIN2O6S. The molecule has 11 heteroatoms. The molecule has 0 unspecified atom stereocenters. The van der Waals surface area contributed by atoms with Crippen molar-refractivity contribution >= 4 is 85.1 Å². The summed E-state index contributed by atoms with van der Waals surface area (Å²) in [6.45, 7) is 0.265.